The molecule has 0 spiro atoms. The van der Waals surface area contributed by atoms with E-state index in [0.717, 1.165) is 19.2 Å². The fraction of sp³-hybridized carbons (Fsp3) is 1.00. The molecule has 90 valence electrons. The summed E-state index contributed by atoms with van der Waals surface area (Å²) in [4.78, 5) is 2.64. The van der Waals surface area contributed by atoms with Gasteiger partial charge in [0.15, 0.2) is 0 Å². The van der Waals surface area contributed by atoms with E-state index >= 15 is 0 Å². The van der Waals surface area contributed by atoms with Crippen LogP contribution in [0.2, 0.25) is 0 Å². The van der Waals surface area contributed by atoms with Gasteiger partial charge >= 0.3 is 0 Å². The van der Waals surface area contributed by atoms with Gasteiger partial charge in [-0.2, -0.15) is 0 Å². The van der Waals surface area contributed by atoms with Crippen LogP contribution in [0.4, 0.5) is 0 Å². The summed E-state index contributed by atoms with van der Waals surface area (Å²) in [5, 5.41) is 3.27. The van der Waals surface area contributed by atoms with Gasteiger partial charge in [-0.25, -0.2) is 0 Å². The standard InChI is InChI=1S/C12H26N2O/c1-4-11-7-5-6-8-14(11)12(9-13-2)10-15-3/h11-13H,4-10H2,1-3H3. The van der Waals surface area contributed by atoms with Gasteiger partial charge in [0, 0.05) is 25.7 Å². The zero-order chi connectivity index (χ0) is 11.1. The Morgan fingerprint density at radius 3 is 2.87 bits per heavy atom. The van der Waals surface area contributed by atoms with E-state index < -0.39 is 0 Å². The first-order valence-corrected chi connectivity index (χ1v) is 6.22. The van der Waals surface area contributed by atoms with Gasteiger partial charge in [-0.1, -0.05) is 13.3 Å². The summed E-state index contributed by atoms with van der Waals surface area (Å²) in [5.41, 5.74) is 0. The van der Waals surface area contributed by atoms with Crippen molar-refractivity contribution < 1.29 is 4.74 Å². The van der Waals surface area contributed by atoms with Crippen LogP contribution in [0, 0.1) is 0 Å². The predicted molar refractivity (Wildman–Crippen MR) is 64.2 cm³/mol. The quantitative estimate of drug-likeness (QED) is 0.725. The van der Waals surface area contributed by atoms with Crippen molar-refractivity contribution in [2.24, 2.45) is 0 Å². The number of nitrogens with one attached hydrogen (secondary N) is 1. The van der Waals surface area contributed by atoms with Crippen LogP contribution in [0.5, 0.6) is 0 Å². The molecule has 0 aliphatic carbocycles. The number of methoxy groups -OCH3 is 1. The average molecular weight is 214 g/mol. The zero-order valence-electron chi connectivity index (χ0n) is 10.5. The van der Waals surface area contributed by atoms with Crippen molar-refractivity contribution in [1.82, 2.24) is 10.2 Å². The molecule has 1 heterocycles. The van der Waals surface area contributed by atoms with Crippen LogP contribution < -0.4 is 5.32 Å². The third-order valence-electron chi connectivity index (χ3n) is 3.41. The van der Waals surface area contributed by atoms with Crippen molar-refractivity contribution in [3.05, 3.63) is 0 Å². The van der Waals surface area contributed by atoms with Gasteiger partial charge in [-0.05, 0) is 32.9 Å². The zero-order valence-corrected chi connectivity index (χ0v) is 10.5. The van der Waals surface area contributed by atoms with Crippen molar-refractivity contribution in [2.75, 3.05) is 33.9 Å². The van der Waals surface area contributed by atoms with Gasteiger partial charge in [0.1, 0.15) is 0 Å². The second-order valence-electron chi connectivity index (χ2n) is 4.46. The lowest BCUT2D eigenvalue weighted by Gasteiger charge is -2.40. The molecule has 0 bridgehead atoms. The Hall–Kier alpha value is -0.120. The first-order valence-electron chi connectivity index (χ1n) is 6.22. The summed E-state index contributed by atoms with van der Waals surface area (Å²) in [5.74, 6) is 0. The van der Waals surface area contributed by atoms with Crippen LogP contribution in [-0.2, 0) is 4.74 Å². The van der Waals surface area contributed by atoms with E-state index in [1.807, 2.05) is 7.05 Å². The highest BCUT2D eigenvalue weighted by Gasteiger charge is 2.26. The molecule has 3 nitrogen and oxygen atoms in total. The fourth-order valence-electron chi connectivity index (χ4n) is 2.64. The topological polar surface area (TPSA) is 24.5 Å². The van der Waals surface area contributed by atoms with Gasteiger partial charge < -0.3 is 10.1 Å². The van der Waals surface area contributed by atoms with Crippen LogP contribution >= 0.6 is 0 Å². The Morgan fingerprint density at radius 2 is 2.27 bits per heavy atom. The highest BCUT2D eigenvalue weighted by molar-refractivity contribution is 4.83. The van der Waals surface area contributed by atoms with Crippen LogP contribution in [0.3, 0.4) is 0 Å². The number of ether oxygens (including phenoxy) is 1. The molecule has 15 heavy (non-hydrogen) atoms. The van der Waals surface area contributed by atoms with Crippen molar-refractivity contribution in [1.29, 1.82) is 0 Å². The summed E-state index contributed by atoms with van der Waals surface area (Å²) in [7, 11) is 3.82. The van der Waals surface area contributed by atoms with E-state index in [-0.39, 0.29) is 0 Å². The van der Waals surface area contributed by atoms with E-state index in [9.17, 15) is 0 Å². The highest BCUT2D eigenvalue weighted by Crippen LogP contribution is 2.21. The van der Waals surface area contributed by atoms with Crippen LogP contribution in [0.25, 0.3) is 0 Å². The molecule has 1 fully saturated rings. The van der Waals surface area contributed by atoms with Gasteiger partial charge in [-0.15, -0.1) is 0 Å². The van der Waals surface area contributed by atoms with Gasteiger partial charge in [0.25, 0.3) is 0 Å². The molecule has 2 atom stereocenters. The largest absolute Gasteiger partial charge is 0.383 e. The predicted octanol–water partition coefficient (Wildman–Crippen LogP) is 1.49. The molecule has 1 rings (SSSR count). The number of likely N-dealkylation sites (tertiary alicyclic amines) is 1. The SMILES string of the molecule is CCC1CCCCN1C(CNC)COC. The van der Waals surface area contributed by atoms with E-state index in [2.05, 4.69) is 17.1 Å². The Morgan fingerprint density at radius 1 is 1.47 bits per heavy atom. The molecule has 1 saturated heterocycles. The number of nitrogens with zero attached hydrogens (tertiary/aromatic N) is 1. The Labute approximate surface area is 94.2 Å². The van der Waals surface area contributed by atoms with Gasteiger partial charge in [0.2, 0.25) is 0 Å². The molecule has 0 aromatic rings. The number of hydrogen-bond donors (Lipinski definition) is 1. The summed E-state index contributed by atoms with van der Waals surface area (Å²) in [6.07, 6.45) is 5.37. The van der Waals surface area contributed by atoms with E-state index in [1.165, 1.54) is 32.2 Å². The Kier molecular flexibility index (Phi) is 6.22. The number of hydrogen-bond acceptors (Lipinski definition) is 3. The molecule has 0 radical (unpaired) electrons. The van der Waals surface area contributed by atoms with Gasteiger partial charge in [0.05, 0.1) is 6.61 Å². The second-order valence-corrected chi connectivity index (χ2v) is 4.46. The minimum atomic E-state index is 0.547. The number of rotatable bonds is 6. The van der Waals surface area contributed by atoms with E-state index in [4.69, 9.17) is 4.74 Å². The van der Waals surface area contributed by atoms with Crippen LogP contribution in [-0.4, -0.2) is 50.8 Å². The first kappa shape index (κ1) is 12.9. The molecular weight excluding hydrogens is 188 g/mol. The molecule has 0 saturated carbocycles. The molecule has 3 heteroatoms. The Balaban J connectivity index is 2.53. The smallest absolute Gasteiger partial charge is 0.0630 e. The monoisotopic (exact) mass is 214 g/mol. The minimum absolute atomic E-state index is 0.547. The van der Waals surface area contributed by atoms with Crippen LogP contribution in [0.15, 0.2) is 0 Å². The lowest BCUT2D eigenvalue weighted by molar-refractivity contribution is 0.0397. The molecule has 1 N–H and O–H groups in total. The molecule has 0 aromatic carbocycles. The molecule has 0 amide bonds. The molecule has 2 unspecified atom stereocenters. The van der Waals surface area contributed by atoms with Crippen molar-refractivity contribution in [2.45, 2.75) is 44.7 Å². The normalized spacial score (nSPS) is 25.4. The lowest BCUT2D eigenvalue weighted by atomic mass is 9.98. The van der Waals surface area contributed by atoms with Gasteiger partial charge in [-0.3, -0.25) is 4.90 Å². The summed E-state index contributed by atoms with van der Waals surface area (Å²) >= 11 is 0. The maximum absolute atomic E-state index is 5.32. The molecule has 1 aliphatic heterocycles. The third kappa shape index (κ3) is 3.74. The second kappa shape index (κ2) is 7.20. The highest BCUT2D eigenvalue weighted by atomic mass is 16.5. The molecule has 0 aromatic heterocycles. The van der Waals surface area contributed by atoms with Crippen LogP contribution in [0.1, 0.15) is 32.6 Å². The van der Waals surface area contributed by atoms with Crippen molar-refractivity contribution in [3.8, 4) is 0 Å². The maximum Gasteiger partial charge on any atom is 0.0630 e. The number of piperidine rings is 1. The third-order valence-corrected chi connectivity index (χ3v) is 3.41. The summed E-state index contributed by atoms with van der Waals surface area (Å²) in [6.45, 7) is 5.42. The Bertz CT molecular complexity index is 158. The van der Waals surface area contributed by atoms with E-state index in [1.54, 1.807) is 7.11 Å². The minimum Gasteiger partial charge on any atom is -0.383 e. The molecule has 1 aliphatic rings. The summed E-state index contributed by atoms with van der Waals surface area (Å²) < 4.78 is 5.32. The fourth-order valence-corrected chi connectivity index (χ4v) is 2.64. The molecular formula is C12H26N2O. The number of likely N-dealkylation sites (N-methyl/N-ethyl adjacent to an activating group) is 1. The summed E-state index contributed by atoms with van der Waals surface area (Å²) in [6, 6.07) is 1.32. The van der Waals surface area contributed by atoms with Crippen molar-refractivity contribution >= 4 is 0 Å². The first-order chi connectivity index (χ1) is 7.33. The average Bonchev–Trinajstić information content (AvgIpc) is 2.29. The lowest BCUT2D eigenvalue weighted by Crippen LogP contribution is -2.51. The van der Waals surface area contributed by atoms with E-state index in [0.29, 0.717) is 6.04 Å². The maximum atomic E-state index is 5.32. The van der Waals surface area contributed by atoms with Crippen molar-refractivity contribution in [3.63, 3.8) is 0 Å².